The van der Waals surface area contributed by atoms with Gasteiger partial charge in [-0.1, -0.05) is 0 Å². The van der Waals surface area contributed by atoms with Crippen molar-refractivity contribution in [1.29, 1.82) is 0 Å². The maximum atomic E-state index is 5.56. The maximum absolute atomic E-state index is 5.56. The van der Waals surface area contributed by atoms with Gasteiger partial charge < -0.3 is 19.6 Å². The van der Waals surface area contributed by atoms with Crippen molar-refractivity contribution in [3.05, 3.63) is 23.7 Å². The molecule has 4 nitrogen and oxygen atoms in total. The molecule has 4 heteroatoms. The summed E-state index contributed by atoms with van der Waals surface area (Å²) in [5.74, 6) is 0.806. The number of furan rings is 1. The lowest BCUT2D eigenvalue weighted by Crippen LogP contribution is -2.16. The summed E-state index contributed by atoms with van der Waals surface area (Å²) >= 11 is 0. The molecule has 0 aliphatic rings. The smallest absolute Gasteiger partial charge is 0.133 e. The van der Waals surface area contributed by atoms with Crippen molar-refractivity contribution in [3.63, 3.8) is 0 Å². The minimum atomic E-state index is 0.0701. The van der Waals surface area contributed by atoms with Gasteiger partial charge in [-0.15, -0.1) is 0 Å². The van der Waals surface area contributed by atoms with E-state index in [0.717, 1.165) is 11.3 Å². The van der Waals surface area contributed by atoms with Gasteiger partial charge in [-0.05, 0) is 19.9 Å². The molecule has 2 N–H and O–H groups in total. The van der Waals surface area contributed by atoms with Crippen LogP contribution < -0.4 is 5.73 Å². The van der Waals surface area contributed by atoms with Gasteiger partial charge in [-0.3, -0.25) is 0 Å². The number of ether oxygens (including phenoxy) is 2. The van der Waals surface area contributed by atoms with Crippen LogP contribution in [0.2, 0.25) is 0 Å². The largest absolute Gasteiger partial charge is 0.467 e. The summed E-state index contributed by atoms with van der Waals surface area (Å²) in [6.07, 6.45) is 1.70. The minimum absolute atomic E-state index is 0.0701. The Bertz CT molecular complexity index is 273. The summed E-state index contributed by atoms with van der Waals surface area (Å²) in [7, 11) is 0. The topological polar surface area (TPSA) is 57.6 Å². The Morgan fingerprint density at radius 1 is 1.53 bits per heavy atom. The van der Waals surface area contributed by atoms with Gasteiger partial charge in [0.25, 0.3) is 0 Å². The van der Waals surface area contributed by atoms with Crippen LogP contribution in [0.1, 0.15) is 25.2 Å². The third-order valence-electron chi connectivity index (χ3n) is 2.11. The van der Waals surface area contributed by atoms with Crippen LogP contribution in [0.15, 0.2) is 16.7 Å². The summed E-state index contributed by atoms with van der Waals surface area (Å²) in [4.78, 5) is 0. The van der Waals surface area contributed by atoms with E-state index in [4.69, 9.17) is 19.6 Å². The van der Waals surface area contributed by atoms with E-state index in [2.05, 4.69) is 0 Å². The van der Waals surface area contributed by atoms with Gasteiger partial charge in [-0.2, -0.15) is 0 Å². The number of rotatable bonds is 7. The molecular formula is C11H19NO3. The lowest BCUT2D eigenvalue weighted by molar-refractivity contribution is -0.0173. The van der Waals surface area contributed by atoms with E-state index >= 15 is 0 Å². The highest BCUT2D eigenvalue weighted by Crippen LogP contribution is 2.11. The maximum Gasteiger partial charge on any atom is 0.133 e. The van der Waals surface area contributed by atoms with Crippen molar-refractivity contribution in [2.75, 3.05) is 13.2 Å². The van der Waals surface area contributed by atoms with E-state index in [1.54, 1.807) is 6.26 Å². The van der Waals surface area contributed by atoms with Gasteiger partial charge in [0.2, 0.25) is 0 Å². The molecule has 0 saturated heterocycles. The predicted octanol–water partition coefficient (Wildman–Crippen LogP) is 1.68. The van der Waals surface area contributed by atoms with Crippen molar-refractivity contribution in [3.8, 4) is 0 Å². The van der Waals surface area contributed by atoms with Crippen molar-refractivity contribution in [1.82, 2.24) is 0 Å². The Hall–Kier alpha value is -0.840. The van der Waals surface area contributed by atoms with Crippen molar-refractivity contribution in [2.24, 2.45) is 5.73 Å². The average molecular weight is 213 g/mol. The molecule has 15 heavy (non-hydrogen) atoms. The van der Waals surface area contributed by atoms with Gasteiger partial charge in [0.05, 0.1) is 19.0 Å². The highest BCUT2D eigenvalue weighted by molar-refractivity contribution is 5.15. The quantitative estimate of drug-likeness (QED) is 0.748. The summed E-state index contributed by atoms with van der Waals surface area (Å²) in [5.41, 5.74) is 6.54. The normalized spacial score (nSPS) is 13.0. The molecule has 0 aromatic carbocycles. The van der Waals surface area contributed by atoms with E-state index in [-0.39, 0.29) is 6.10 Å². The van der Waals surface area contributed by atoms with E-state index < -0.39 is 0 Å². The Balaban J connectivity index is 2.30. The first-order valence-electron chi connectivity index (χ1n) is 5.22. The van der Waals surface area contributed by atoms with Crippen LogP contribution in [0.25, 0.3) is 0 Å². The van der Waals surface area contributed by atoms with E-state index in [1.807, 2.05) is 19.9 Å². The number of nitrogens with two attached hydrogens (primary N) is 1. The minimum Gasteiger partial charge on any atom is -0.467 e. The zero-order valence-corrected chi connectivity index (χ0v) is 9.36. The third kappa shape index (κ3) is 4.03. The fraction of sp³-hybridized carbons (Fsp3) is 0.636. The molecule has 86 valence electrons. The molecule has 1 aromatic heterocycles. The lowest BCUT2D eigenvalue weighted by atomic mass is 10.2. The number of hydrogen-bond donors (Lipinski definition) is 1. The standard InChI is InChI=1S/C11H19NO3/c1-3-13-7-9(2)15-8-11-10(6-12)4-5-14-11/h4-5,9H,3,6-8,12H2,1-2H3. The fourth-order valence-electron chi connectivity index (χ4n) is 1.23. The van der Waals surface area contributed by atoms with Crippen LogP contribution in [0.5, 0.6) is 0 Å². The Morgan fingerprint density at radius 2 is 2.33 bits per heavy atom. The van der Waals surface area contributed by atoms with Gasteiger partial charge >= 0.3 is 0 Å². The lowest BCUT2D eigenvalue weighted by Gasteiger charge is -2.12. The summed E-state index contributed by atoms with van der Waals surface area (Å²) in [6, 6.07) is 1.87. The first kappa shape index (κ1) is 12.2. The van der Waals surface area contributed by atoms with Crippen molar-refractivity contribution >= 4 is 0 Å². The fourth-order valence-corrected chi connectivity index (χ4v) is 1.23. The monoisotopic (exact) mass is 213 g/mol. The van der Waals surface area contributed by atoms with Crippen LogP contribution in [-0.2, 0) is 22.6 Å². The second-order valence-electron chi connectivity index (χ2n) is 3.35. The molecule has 0 aliphatic heterocycles. The van der Waals surface area contributed by atoms with Gasteiger partial charge in [0.15, 0.2) is 0 Å². The Morgan fingerprint density at radius 3 is 3.00 bits per heavy atom. The SMILES string of the molecule is CCOCC(C)OCc1occc1CN. The molecule has 1 atom stereocenters. The Kier molecular flexibility index (Phi) is 5.39. The first-order chi connectivity index (χ1) is 7.27. The van der Waals surface area contributed by atoms with Gasteiger partial charge in [0.1, 0.15) is 12.4 Å². The van der Waals surface area contributed by atoms with E-state index in [0.29, 0.717) is 26.4 Å². The molecular weight excluding hydrogens is 194 g/mol. The molecule has 0 saturated carbocycles. The van der Waals surface area contributed by atoms with E-state index in [1.165, 1.54) is 0 Å². The van der Waals surface area contributed by atoms with Crippen LogP contribution in [0.4, 0.5) is 0 Å². The molecule has 0 spiro atoms. The molecule has 1 heterocycles. The first-order valence-corrected chi connectivity index (χ1v) is 5.22. The predicted molar refractivity (Wildman–Crippen MR) is 57.3 cm³/mol. The molecule has 0 bridgehead atoms. The van der Waals surface area contributed by atoms with Crippen molar-refractivity contribution < 1.29 is 13.9 Å². The van der Waals surface area contributed by atoms with Crippen LogP contribution in [-0.4, -0.2) is 19.3 Å². The second kappa shape index (κ2) is 6.61. The molecule has 1 unspecified atom stereocenters. The molecule has 1 aromatic rings. The van der Waals surface area contributed by atoms with Gasteiger partial charge in [-0.25, -0.2) is 0 Å². The van der Waals surface area contributed by atoms with Gasteiger partial charge in [0, 0.05) is 18.7 Å². The van der Waals surface area contributed by atoms with Crippen LogP contribution in [0, 0.1) is 0 Å². The second-order valence-corrected chi connectivity index (χ2v) is 3.35. The van der Waals surface area contributed by atoms with Crippen molar-refractivity contribution in [2.45, 2.75) is 33.1 Å². The Labute approximate surface area is 90.3 Å². The highest BCUT2D eigenvalue weighted by atomic mass is 16.5. The number of hydrogen-bond acceptors (Lipinski definition) is 4. The summed E-state index contributed by atoms with van der Waals surface area (Å²) in [5, 5.41) is 0. The van der Waals surface area contributed by atoms with Crippen LogP contribution in [0.3, 0.4) is 0 Å². The average Bonchev–Trinajstić information content (AvgIpc) is 2.70. The molecule has 1 rings (SSSR count). The van der Waals surface area contributed by atoms with E-state index in [9.17, 15) is 0 Å². The zero-order valence-electron chi connectivity index (χ0n) is 9.36. The molecule has 0 amide bonds. The molecule has 0 fully saturated rings. The summed E-state index contributed by atoms with van der Waals surface area (Å²) < 4.78 is 16.1. The third-order valence-corrected chi connectivity index (χ3v) is 2.11. The highest BCUT2D eigenvalue weighted by Gasteiger charge is 2.07. The molecule has 0 radical (unpaired) electrons. The molecule has 0 aliphatic carbocycles. The van der Waals surface area contributed by atoms with Crippen LogP contribution >= 0.6 is 0 Å². The zero-order chi connectivity index (χ0) is 11.1. The summed E-state index contributed by atoms with van der Waals surface area (Å²) in [6.45, 7) is 6.19.